The van der Waals surface area contributed by atoms with E-state index >= 15 is 0 Å². The van der Waals surface area contributed by atoms with Crippen LogP contribution in [-0.2, 0) is 0 Å². The molecule has 12 rings (SSSR count). The second kappa shape index (κ2) is 14.3. The minimum absolute atomic E-state index is 0.932. The second-order valence-electron chi connectivity index (χ2n) is 15.9. The van der Waals surface area contributed by atoms with Crippen molar-refractivity contribution in [1.29, 1.82) is 0 Å². The molecule has 0 saturated heterocycles. The molecule has 12 aromatic rings. The third-order valence-corrected chi connectivity index (χ3v) is 12.3. The first-order chi connectivity index (χ1) is 30.2. The molecule has 0 aliphatic carbocycles. The van der Waals surface area contributed by atoms with Gasteiger partial charge in [0.1, 0.15) is 5.82 Å². The Kier molecular flexibility index (Phi) is 8.21. The first-order valence-corrected chi connectivity index (χ1v) is 20.9. The molecular formula is C59H38N2. The number of hydrogen-bond acceptors (Lipinski definition) is 1. The molecule has 0 fully saturated rings. The van der Waals surface area contributed by atoms with Crippen molar-refractivity contribution in [3.63, 3.8) is 0 Å². The predicted molar refractivity (Wildman–Crippen MR) is 258 cm³/mol. The molecule has 61 heavy (non-hydrogen) atoms. The third kappa shape index (κ3) is 6.00. The lowest BCUT2D eigenvalue weighted by Gasteiger charge is -2.19. The summed E-state index contributed by atoms with van der Waals surface area (Å²) >= 11 is 0. The van der Waals surface area contributed by atoms with Crippen molar-refractivity contribution in [2.45, 2.75) is 0 Å². The summed E-state index contributed by atoms with van der Waals surface area (Å²) in [6.45, 7) is 0. The molecule has 2 heteroatoms. The van der Waals surface area contributed by atoms with Crippen molar-refractivity contribution in [1.82, 2.24) is 9.55 Å². The average molecular weight is 775 g/mol. The van der Waals surface area contributed by atoms with E-state index in [0.717, 1.165) is 39.2 Å². The smallest absolute Gasteiger partial charge is 0.145 e. The van der Waals surface area contributed by atoms with Gasteiger partial charge >= 0.3 is 0 Å². The van der Waals surface area contributed by atoms with Crippen LogP contribution in [0.2, 0.25) is 0 Å². The minimum Gasteiger partial charge on any atom is -0.292 e. The van der Waals surface area contributed by atoms with Gasteiger partial charge in [-0.25, -0.2) is 4.98 Å². The quantitative estimate of drug-likeness (QED) is 0.154. The van der Waals surface area contributed by atoms with Gasteiger partial charge in [0.15, 0.2) is 0 Å². The molecule has 0 aliphatic heterocycles. The Balaban J connectivity index is 1.04. The first-order valence-electron chi connectivity index (χ1n) is 20.9. The van der Waals surface area contributed by atoms with Gasteiger partial charge in [0, 0.05) is 11.3 Å². The Hall–Kier alpha value is -8.07. The lowest BCUT2D eigenvalue weighted by Crippen LogP contribution is -1.97. The molecule has 0 spiro atoms. The number of nitrogens with zero attached hydrogens (tertiary/aromatic N) is 2. The zero-order valence-corrected chi connectivity index (χ0v) is 33.3. The number of fused-ring (bicyclic) bond motifs is 5. The normalized spacial score (nSPS) is 11.6. The summed E-state index contributed by atoms with van der Waals surface area (Å²) in [4.78, 5) is 5.26. The topological polar surface area (TPSA) is 17.8 Å². The van der Waals surface area contributed by atoms with Gasteiger partial charge in [-0.3, -0.25) is 4.57 Å². The number of aromatic nitrogens is 2. The highest BCUT2D eigenvalue weighted by molar-refractivity contribution is 6.22. The Morgan fingerprint density at radius 2 is 0.754 bits per heavy atom. The highest BCUT2D eigenvalue weighted by Crippen LogP contribution is 2.46. The Labute approximate surface area is 354 Å². The lowest BCUT2D eigenvalue weighted by atomic mass is 9.84. The van der Waals surface area contributed by atoms with Gasteiger partial charge in [-0.2, -0.15) is 0 Å². The van der Waals surface area contributed by atoms with E-state index in [-0.39, 0.29) is 0 Å². The van der Waals surface area contributed by atoms with Crippen molar-refractivity contribution in [3.05, 3.63) is 231 Å². The number of rotatable bonds is 6. The van der Waals surface area contributed by atoms with E-state index in [4.69, 9.17) is 4.98 Å². The number of para-hydroxylation sites is 1. The van der Waals surface area contributed by atoms with E-state index in [1.165, 1.54) is 76.5 Å². The van der Waals surface area contributed by atoms with E-state index in [2.05, 4.69) is 235 Å². The van der Waals surface area contributed by atoms with Gasteiger partial charge in [-0.1, -0.05) is 182 Å². The van der Waals surface area contributed by atoms with Crippen LogP contribution in [0.25, 0.3) is 116 Å². The Bertz CT molecular complexity index is 3640. The zero-order valence-electron chi connectivity index (χ0n) is 33.3. The van der Waals surface area contributed by atoms with Gasteiger partial charge in [0.25, 0.3) is 0 Å². The van der Waals surface area contributed by atoms with Crippen molar-refractivity contribution < 1.29 is 0 Å². The first kappa shape index (κ1) is 34.9. The lowest BCUT2D eigenvalue weighted by molar-refractivity contribution is 1.10. The molecule has 0 atom stereocenters. The van der Waals surface area contributed by atoms with Gasteiger partial charge in [0.2, 0.25) is 0 Å². The minimum atomic E-state index is 0.932. The summed E-state index contributed by atoms with van der Waals surface area (Å²) in [5.41, 5.74) is 13.8. The predicted octanol–water partition coefficient (Wildman–Crippen LogP) is 16.0. The van der Waals surface area contributed by atoms with Crippen LogP contribution in [0.3, 0.4) is 0 Å². The molecule has 1 heterocycles. The summed E-state index contributed by atoms with van der Waals surface area (Å²) in [5, 5.41) is 9.95. The molecule has 0 aliphatic rings. The van der Waals surface area contributed by atoms with Crippen LogP contribution in [0.4, 0.5) is 0 Å². The standard InChI is InChI=1S/C59H38N2/c1-3-16-41(17-4-1)59-60-55-38-47(31-33-56(55)61(59)50-22-5-2-6-23-50)45-21-13-20-44(34-45)46-30-32-53-54(37-46)58(49-29-27-40-15-8-10-19-43(40)36-49)52-25-12-11-24-51(52)57(53)48-28-26-39-14-7-9-18-42(39)35-48/h1-38H. The molecule has 0 saturated carbocycles. The number of imidazole rings is 1. The maximum Gasteiger partial charge on any atom is 0.145 e. The summed E-state index contributed by atoms with van der Waals surface area (Å²) in [7, 11) is 0. The summed E-state index contributed by atoms with van der Waals surface area (Å²) in [6, 6.07) is 83.8. The fourth-order valence-corrected chi connectivity index (χ4v) is 9.43. The van der Waals surface area contributed by atoms with E-state index in [9.17, 15) is 0 Å². The van der Waals surface area contributed by atoms with Crippen LogP contribution >= 0.6 is 0 Å². The van der Waals surface area contributed by atoms with Gasteiger partial charge < -0.3 is 0 Å². The van der Waals surface area contributed by atoms with Gasteiger partial charge in [0.05, 0.1) is 11.0 Å². The fraction of sp³-hybridized carbons (Fsp3) is 0. The van der Waals surface area contributed by atoms with Crippen molar-refractivity contribution in [2.75, 3.05) is 0 Å². The van der Waals surface area contributed by atoms with Crippen LogP contribution in [0.1, 0.15) is 0 Å². The van der Waals surface area contributed by atoms with Crippen molar-refractivity contribution in [3.8, 4) is 61.6 Å². The highest BCUT2D eigenvalue weighted by Gasteiger charge is 2.19. The van der Waals surface area contributed by atoms with Crippen LogP contribution in [-0.4, -0.2) is 9.55 Å². The molecule has 11 aromatic carbocycles. The number of hydrogen-bond donors (Lipinski definition) is 0. The van der Waals surface area contributed by atoms with Crippen LogP contribution in [0, 0.1) is 0 Å². The molecule has 0 amide bonds. The maximum absolute atomic E-state index is 5.26. The molecule has 0 N–H and O–H groups in total. The monoisotopic (exact) mass is 774 g/mol. The summed E-state index contributed by atoms with van der Waals surface area (Å²) in [5.74, 6) is 0.932. The van der Waals surface area contributed by atoms with E-state index < -0.39 is 0 Å². The highest BCUT2D eigenvalue weighted by atomic mass is 15.1. The van der Waals surface area contributed by atoms with Gasteiger partial charge in [-0.05, 0) is 136 Å². The molecule has 2 nitrogen and oxygen atoms in total. The summed E-state index contributed by atoms with van der Waals surface area (Å²) < 4.78 is 2.27. The summed E-state index contributed by atoms with van der Waals surface area (Å²) in [6.07, 6.45) is 0. The van der Waals surface area contributed by atoms with Crippen molar-refractivity contribution in [2.24, 2.45) is 0 Å². The van der Waals surface area contributed by atoms with E-state index in [1.807, 2.05) is 0 Å². The molecule has 284 valence electrons. The van der Waals surface area contributed by atoms with Crippen LogP contribution in [0.5, 0.6) is 0 Å². The molecular weight excluding hydrogens is 737 g/mol. The van der Waals surface area contributed by atoms with Gasteiger partial charge in [-0.15, -0.1) is 0 Å². The maximum atomic E-state index is 5.26. The van der Waals surface area contributed by atoms with Crippen LogP contribution < -0.4 is 0 Å². The van der Waals surface area contributed by atoms with Crippen molar-refractivity contribution >= 4 is 54.1 Å². The molecule has 0 bridgehead atoms. The zero-order chi connectivity index (χ0) is 40.3. The fourth-order valence-electron chi connectivity index (χ4n) is 9.43. The van der Waals surface area contributed by atoms with E-state index in [1.54, 1.807) is 0 Å². The molecule has 0 radical (unpaired) electrons. The second-order valence-corrected chi connectivity index (χ2v) is 15.9. The molecule has 1 aromatic heterocycles. The van der Waals surface area contributed by atoms with E-state index in [0.29, 0.717) is 0 Å². The largest absolute Gasteiger partial charge is 0.292 e. The third-order valence-electron chi connectivity index (χ3n) is 12.3. The Morgan fingerprint density at radius 3 is 1.41 bits per heavy atom. The Morgan fingerprint density at radius 1 is 0.279 bits per heavy atom. The van der Waals surface area contributed by atoms with Crippen LogP contribution in [0.15, 0.2) is 231 Å². The average Bonchev–Trinajstić information content (AvgIpc) is 3.72. The SMILES string of the molecule is c1ccc(-c2nc3cc(-c4cccc(-c5ccc6c(-c7ccc8ccccc8c7)c7ccccc7c(-c7ccc8ccccc8c7)c6c5)c4)ccc3n2-c2ccccc2)cc1. The molecule has 0 unspecified atom stereocenters. The number of benzene rings is 11.